The summed E-state index contributed by atoms with van der Waals surface area (Å²) < 4.78 is 0. The lowest BCUT2D eigenvalue weighted by atomic mass is 9.78. The minimum absolute atomic E-state index is 0.0377. The molecule has 134 valence electrons. The van der Waals surface area contributed by atoms with E-state index in [1.54, 1.807) is 0 Å². The normalized spacial score (nSPS) is 17.6. The maximum atomic E-state index is 4.16. The Kier molecular flexibility index (Phi) is 4.21. The van der Waals surface area contributed by atoms with Crippen molar-refractivity contribution in [2.45, 2.75) is 33.1 Å². The fraction of sp³-hybridized carbons (Fsp3) is 0.192. The maximum absolute atomic E-state index is 4.16. The highest BCUT2D eigenvalue weighted by Gasteiger charge is 2.37. The van der Waals surface area contributed by atoms with Gasteiger partial charge in [0.2, 0.25) is 0 Å². The van der Waals surface area contributed by atoms with E-state index >= 15 is 0 Å². The standard InChI is InChI=1S/C26H25P/c1-6-9-16-11-13-19-23-17(12-14-22(27)24(16)23)15-21-25(19)18(8-3)20(10-7-2)26(21,4)5/h6-15,27H,3H2,1-2,4-5H3/b9-6-,10-7-. The first-order valence-corrected chi connectivity index (χ1v) is 9.99. The monoisotopic (exact) mass is 368 g/mol. The van der Waals surface area contributed by atoms with Crippen molar-refractivity contribution in [2.75, 3.05) is 0 Å². The Morgan fingerprint density at radius 2 is 1.74 bits per heavy atom. The molecule has 0 amide bonds. The van der Waals surface area contributed by atoms with E-state index in [0.717, 1.165) is 5.29 Å². The Balaban J connectivity index is 2.21. The fourth-order valence-corrected chi connectivity index (χ4v) is 5.00. The summed E-state index contributed by atoms with van der Waals surface area (Å²) in [5.41, 5.74) is 9.12. The summed E-state index contributed by atoms with van der Waals surface area (Å²) in [7, 11) is 3.85. The van der Waals surface area contributed by atoms with Crippen LogP contribution < -0.4 is 0 Å². The molecule has 2 aliphatic carbocycles. The van der Waals surface area contributed by atoms with Gasteiger partial charge in [-0.2, -0.15) is 0 Å². The van der Waals surface area contributed by atoms with Gasteiger partial charge in [-0.05, 0) is 70.2 Å². The van der Waals surface area contributed by atoms with Gasteiger partial charge in [0, 0.05) is 16.3 Å². The quantitative estimate of drug-likeness (QED) is 0.496. The molecule has 0 heterocycles. The Morgan fingerprint density at radius 3 is 2.41 bits per heavy atom. The summed E-state index contributed by atoms with van der Waals surface area (Å²) in [4.78, 5) is 0. The van der Waals surface area contributed by atoms with Crippen LogP contribution in [0.1, 0.15) is 55.5 Å². The third kappa shape index (κ3) is 2.40. The molecule has 0 fully saturated rings. The Labute approximate surface area is 164 Å². The van der Waals surface area contributed by atoms with E-state index in [4.69, 9.17) is 0 Å². The van der Waals surface area contributed by atoms with Gasteiger partial charge < -0.3 is 0 Å². The molecule has 0 nitrogen and oxygen atoms in total. The SMILES string of the molecule is C=CC1=C(/C=C\C)C(C)(C)c2cc3c4c(c(/C=C\C)ccc4c21)C(=P)C=C3. The average Bonchev–Trinajstić information content (AvgIpc) is 2.86. The third-order valence-electron chi connectivity index (χ3n) is 5.85. The molecule has 1 heteroatoms. The zero-order chi connectivity index (χ0) is 19.3. The van der Waals surface area contributed by atoms with Crippen LogP contribution in [0, 0.1) is 0 Å². The van der Waals surface area contributed by atoms with Crippen molar-refractivity contribution in [2.24, 2.45) is 0 Å². The van der Waals surface area contributed by atoms with Gasteiger partial charge in [-0.3, -0.25) is 0 Å². The molecule has 0 bridgehead atoms. The molecule has 0 spiro atoms. The van der Waals surface area contributed by atoms with Gasteiger partial charge in [0.05, 0.1) is 0 Å². The predicted octanol–water partition coefficient (Wildman–Crippen LogP) is 7.37. The molecule has 2 aromatic rings. The molecule has 2 aromatic carbocycles. The number of fused-ring (bicyclic) bond motifs is 2. The molecule has 0 unspecified atom stereocenters. The van der Waals surface area contributed by atoms with Crippen molar-refractivity contribution in [3.05, 3.63) is 88.5 Å². The average molecular weight is 368 g/mol. The summed E-state index contributed by atoms with van der Waals surface area (Å²) in [5.74, 6) is 0. The highest BCUT2D eigenvalue weighted by Crippen LogP contribution is 2.51. The van der Waals surface area contributed by atoms with E-state index in [0.29, 0.717) is 0 Å². The van der Waals surface area contributed by atoms with Gasteiger partial charge in [0.1, 0.15) is 0 Å². The second-order valence-electron chi connectivity index (χ2n) is 7.74. The van der Waals surface area contributed by atoms with Crippen molar-refractivity contribution in [1.29, 1.82) is 0 Å². The molecule has 0 aromatic heterocycles. The summed E-state index contributed by atoms with van der Waals surface area (Å²) in [6.45, 7) is 12.9. The topological polar surface area (TPSA) is 0 Å². The van der Waals surface area contributed by atoms with Gasteiger partial charge in [-0.15, -0.1) is 8.86 Å². The number of hydrogen-bond donors (Lipinski definition) is 0. The lowest BCUT2D eigenvalue weighted by Gasteiger charge is -2.25. The van der Waals surface area contributed by atoms with Gasteiger partial charge in [-0.1, -0.05) is 69.0 Å². The van der Waals surface area contributed by atoms with Crippen LogP contribution in [0.3, 0.4) is 0 Å². The molecule has 0 atom stereocenters. The molecule has 0 saturated carbocycles. The van der Waals surface area contributed by atoms with E-state index in [1.807, 2.05) is 6.08 Å². The van der Waals surface area contributed by atoms with Crippen LogP contribution in [0.15, 0.2) is 60.7 Å². The number of benzene rings is 2. The van der Waals surface area contributed by atoms with Crippen molar-refractivity contribution >= 4 is 42.7 Å². The van der Waals surface area contributed by atoms with Crippen molar-refractivity contribution < 1.29 is 0 Å². The maximum Gasteiger partial charge on any atom is 0.0159 e. The summed E-state index contributed by atoms with van der Waals surface area (Å²) in [6, 6.07) is 6.91. The van der Waals surface area contributed by atoms with E-state index in [1.165, 1.54) is 49.7 Å². The largest absolute Gasteiger partial charge is 0.114 e. The number of rotatable bonds is 3. The predicted molar refractivity (Wildman–Crippen MR) is 125 cm³/mol. The first-order chi connectivity index (χ1) is 13.0. The smallest absolute Gasteiger partial charge is 0.0159 e. The molecule has 4 rings (SSSR count). The Bertz CT molecular complexity index is 1130. The highest BCUT2D eigenvalue weighted by atomic mass is 31.0. The molecular weight excluding hydrogens is 343 g/mol. The summed E-state index contributed by atoms with van der Waals surface area (Å²) >= 11 is 0. The van der Waals surface area contributed by atoms with Crippen molar-refractivity contribution in [3.63, 3.8) is 0 Å². The number of hydrogen-bond acceptors (Lipinski definition) is 0. The van der Waals surface area contributed by atoms with Gasteiger partial charge in [0.15, 0.2) is 0 Å². The molecule has 0 saturated heterocycles. The van der Waals surface area contributed by atoms with Crippen LogP contribution in [-0.2, 0) is 5.41 Å². The molecule has 27 heavy (non-hydrogen) atoms. The van der Waals surface area contributed by atoms with Crippen LogP contribution in [0.25, 0.3) is 28.5 Å². The second kappa shape index (κ2) is 6.32. The molecule has 0 radical (unpaired) electrons. The summed E-state index contributed by atoms with van der Waals surface area (Å²) in [5, 5.41) is 3.78. The fourth-order valence-electron chi connectivity index (χ4n) is 4.64. The van der Waals surface area contributed by atoms with E-state index in [9.17, 15) is 0 Å². The van der Waals surface area contributed by atoms with Crippen LogP contribution in [0.5, 0.6) is 0 Å². The number of allylic oxidation sites excluding steroid dienone is 7. The zero-order valence-electron chi connectivity index (χ0n) is 16.5. The van der Waals surface area contributed by atoms with Crippen LogP contribution in [0.4, 0.5) is 0 Å². The highest BCUT2D eigenvalue weighted by molar-refractivity contribution is 7.23. The lowest BCUT2D eigenvalue weighted by molar-refractivity contribution is 0.654. The first kappa shape index (κ1) is 18.0. The Morgan fingerprint density at radius 1 is 1.00 bits per heavy atom. The van der Waals surface area contributed by atoms with E-state index in [2.05, 4.69) is 97.8 Å². The van der Waals surface area contributed by atoms with Crippen molar-refractivity contribution in [3.8, 4) is 0 Å². The Hall–Kier alpha value is -2.43. The van der Waals surface area contributed by atoms with Crippen LogP contribution in [-0.4, -0.2) is 5.29 Å². The molecule has 0 N–H and O–H groups in total. The van der Waals surface area contributed by atoms with Crippen LogP contribution in [0.2, 0.25) is 0 Å². The summed E-state index contributed by atoms with van der Waals surface area (Å²) in [6.07, 6.45) is 15.1. The minimum atomic E-state index is -0.0377. The minimum Gasteiger partial charge on any atom is -0.114 e. The zero-order valence-corrected chi connectivity index (χ0v) is 17.5. The van der Waals surface area contributed by atoms with E-state index < -0.39 is 0 Å². The van der Waals surface area contributed by atoms with Crippen LogP contribution >= 0.6 is 8.86 Å². The van der Waals surface area contributed by atoms with Gasteiger partial charge >= 0.3 is 0 Å². The third-order valence-corrected chi connectivity index (χ3v) is 6.27. The lowest BCUT2D eigenvalue weighted by Crippen LogP contribution is -2.17. The molecule has 2 aliphatic rings. The van der Waals surface area contributed by atoms with Gasteiger partial charge in [0.25, 0.3) is 0 Å². The van der Waals surface area contributed by atoms with Crippen molar-refractivity contribution in [1.82, 2.24) is 0 Å². The second-order valence-corrected chi connectivity index (χ2v) is 8.28. The van der Waals surface area contributed by atoms with Gasteiger partial charge in [-0.25, -0.2) is 0 Å². The molecular formula is C26H25P. The first-order valence-electron chi connectivity index (χ1n) is 9.49. The van der Waals surface area contributed by atoms with E-state index in [-0.39, 0.29) is 5.41 Å². The molecule has 0 aliphatic heterocycles.